The van der Waals surface area contributed by atoms with E-state index in [1.165, 1.54) is 49.2 Å². The third-order valence-corrected chi connectivity index (χ3v) is 5.67. The van der Waals surface area contributed by atoms with Crippen molar-refractivity contribution in [3.05, 3.63) is 52.2 Å². The van der Waals surface area contributed by atoms with Crippen LogP contribution in [-0.2, 0) is 17.9 Å². The van der Waals surface area contributed by atoms with Crippen molar-refractivity contribution in [1.82, 2.24) is 9.80 Å². The van der Waals surface area contributed by atoms with Gasteiger partial charge in [0.25, 0.3) is 0 Å². The maximum atomic E-state index is 12.4. The molecule has 26 heavy (non-hydrogen) atoms. The van der Waals surface area contributed by atoms with E-state index in [2.05, 4.69) is 45.5 Å². The van der Waals surface area contributed by atoms with Gasteiger partial charge < -0.3 is 9.80 Å². The fraction of sp³-hybridized carbons (Fsp3) is 0.476. The van der Waals surface area contributed by atoms with Gasteiger partial charge in [-0.1, -0.05) is 12.1 Å². The second-order valence-corrected chi connectivity index (χ2v) is 8.05. The molecule has 1 aromatic carbocycles. The highest BCUT2D eigenvalue weighted by Crippen LogP contribution is 2.20. The Morgan fingerprint density at radius 2 is 1.73 bits per heavy atom. The second kappa shape index (κ2) is 9.19. The first-order valence-electron chi connectivity index (χ1n) is 9.39. The van der Waals surface area contributed by atoms with Crippen LogP contribution >= 0.6 is 11.3 Å². The predicted octanol–water partition coefficient (Wildman–Crippen LogP) is 3.83. The van der Waals surface area contributed by atoms with Crippen molar-refractivity contribution in [3.63, 3.8) is 0 Å². The van der Waals surface area contributed by atoms with Gasteiger partial charge in [-0.05, 0) is 66.4 Å². The fourth-order valence-corrected chi connectivity index (χ4v) is 4.09. The minimum absolute atomic E-state index is 0.156. The zero-order chi connectivity index (χ0) is 18.4. The molecule has 0 radical (unpaired) electrons. The predicted molar refractivity (Wildman–Crippen MR) is 110 cm³/mol. The Bertz CT molecular complexity index is 678. The maximum Gasteiger partial charge on any atom is 0.236 e. The average molecular weight is 372 g/mol. The summed E-state index contributed by atoms with van der Waals surface area (Å²) in [7, 11) is 3.89. The Labute approximate surface area is 161 Å². The van der Waals surface area contributed by atoms with Crippen LogP contribution in [0.4, 0.5) is 5.69 Å². The van der Waals surface area contributed by atoms with Crippen LogP contribution in [0.2, 0.25) is 0 Å². The molecule has 1 fully saturated rings. The van der Waals surface area contributed by atoms with E-state index in [1.807, 2.05) is 19.5 Å². The molecule has 1 aliphatic rings. The normalized spacial score (nSPS) is 14.7. The van der Waals surface area contributed by atoms with Crippen molar-refractivity contribution in [2.24, 2.45) is 0 Å². The summed E-state index contributed by atoms with van der Waals surface area (Å²) in [4.78, 5) is 18.8. The van der Waals surface area contributed by atoms with E-state index in [4.69, 9.17) is 0 Å². The van der Waals surface area contributed by atoms with Crippen LogP contribution in [0.15, 0.2) is 41.1 Å². The average Bonchev–Trinajstić information content (AvgIpc) is 3.16. The highest BCUT2D eigenvalue weighted by atomic mass is 32.1. The van der Waals surface area contributed by atoms with Crippen LogP contribution in [-0.4, -0.2) is 49.4 Å². The monoisotopic (exact) mass is 371 g/mol. The molecule has 4 nitrogen and oxygen atoms in total. The van der Waals surface area contributed by atoms with E-state index in [0.29, 0.717) is 13.1 Å². The minimum Gasteiger partial charge on any atom is -0.372 e. The van der Waals surface area contributed by atoms with E-state index in [-0.39, 0.29) is 5.91 Å². The van der Waals surface area contributed by atoms with Crippen LogP contribution in [0.1, 0.15) is 30.4 Å². The summed E-state index contributed by atoms with van der Waals surface area (Å²) in [6, 6.07) is 10.9. The summed E-state index contributed by atoms with van der Waals surface area (Å²) >= 11 is 1.67. The maximum absolute atomic E-state index is 12.4. The number of hydrogen-bond acceptors (Lipinski definition) is 4. The zero-order valence-electron chi connectivity index (χ0n) is 15.9. The summed E-state index contributed by atoms with van der Waals surface area (Å²) in [6.07, 6.45) is 3.95. The number of carbonyl (C=O) groups excluding carboxylic acids is 1. The fourth-order valence-electron chi connectivity index (χ4n) is 3.43. The smallest absolute Gasteiger partial charge is 0.236 e. The molecule has 2 aromatic rings. The van der Waals surface area contributed by atoms with Gasteiger partial charge in [-0.2, -0.15) is 11.3 Å². The van der Waals surface area contributed by atoms with Crippen LogP contribution in [0.25, 0.3) is 0 Å². The van der Waals surface area contributed by atoms with Crippen molar-refractivity contribution in [1.29, 1.82) is 0 Å². The molecule has 0 spiro atoms. The number of nitrogens with zero attached hydrogens (tertiary/aromatic N) is 3. The Hall–Kier alpha value is -1.85. The number of likely N-dealkylation sites (N-methyl/N-ethyl adjacent to an activating group) is 2. The molecule has 2 heterocycles. The number of carbonyl (C=O) groups is 1. The van der Waals surface area contributed by atoms with Gasteiger partial charge in [-0.25, -0.2) is 0 Å². The Morgan fingerprint density at radius 3 is 2.38 bits per heavy atom. The minimum atomic E-state index is 0.156. The summed E-state index contributed by atoms with van der Waals surface area (Å²) in [6.45, 7) is 4.25. The van der Waals surface area contributed by atoms with Gasteiger partial charge in [0, 0.05) is 38.9 Å². The molecule has 5 heteroatoms. The molecule has 0 unspecified atom stereocenters. The number of hydrogen-bond donors (Lipinski definition) is 0. The molecule has 1 aliphatic heterocycles. The third-order valence-electron chi connectivity index (χ3n) is 4.94. The largest absolute Gasteiger partial charge is 0.372 e. The Morgan fingerprint density at radius 1 is 1.00 bits per heavy atom. The first-order chi connectivity index (χ1) is 12.6. The molecule has 0 aliphatic carbocycles. The summed E-state index contributed by atoms with van der Waals surface area (Å²) in [5.41, 5.74) is 3.77. The zero-order valence-corrected chi connectivity index (χ0v) is 16.7. The van der Waals surface area contributed by atoms with Crippen molar-refractivity contribution >= 4 is 22.9 Å². The van der Waals surface area contributed by atoms with E-state index < -0.39 is 0 Å². The molecular weight excluding hydrogens is 342 g/mol. The number of anilines is 1. The molecular formula is C21H29N3OS. The lowest BCUT2D eigenvalue weighted by Gasteiger charge is -2.29. The molecule has 1 saturated heterocycles. The van der Waals surface area contributed by atoms with Crippen LogP contribution in [0.3, 0.4) is 0 Å². The standard InChI is InChI=1S/C21H29N3OS/c1-22(16-21(25)23(2)15-19-10-13-26-17-19)14-18-6-8-20(9-7-18)24-11-4-3-5-12-24/h6-10,13,17H,3-5,11-12,14-16H2,1-2H3. The van der Waals surface area contributed by atoms with E-state index in [9.17, 15) is 4.79 Å². The molecule has 1 aromatic heterocycles. The lowest BCUT2D eigenvalue weighted by molar-refractivity contribution is -0.131. The quantitative estimate of drug-likeness (QED) is 0.740. The van der Waals surface area contributed by atoms with Crippen molar-refractivity contribution in [2.45, 2.75) is 32.4 Å². The van der Waals surface area contributed by atoms with E-state index in [0.717, 1.165) is 6.54 Å². The molecule has 1 amide bonds. The van der Waals surface area contributed by atoms with Gasteiger partial charge in [0.15, 0.2) is 0 Å². The van der Waals surface area contributed by atoms with Crippen LogP contribution < -0.4 is 4.90 Å². The summed E-state index contributed by atoms with van der Waals surface area (Å²) in [5, 5.41) is 4.14. The van der Waals surface area contributed by atoms with Gasteiger partial charge >= 0.3 is 0 Å². The van der Waals surface area contributed by atoms with Crippen molar-refractivity contribution < 1.29 is 4.79 Å². The first kappa shape index (κ1) is 18.9. The van der Waals surface area contributed by atoms with Gasteiger partial charge in [0.2, 0.25) is 5.91 Å². The molecule has 140 valence electrons. The van der Waals surface area contributed by atoms with Gasteiger partial charge in [0.1, 0.15) is 0 Å². The van der Waals surface area contributed by atoms with Crippen LogP contribution in [0.5, 0.6) is 0 Å². The van der Waals surface area contributed by atoms with Gasteiger partial charge in [-0.3, -0.25) is 9.69 Å². The molecule has 0 bridgehead atoms. The third kappa shape index (κ3) is 5.32. The van der Waals surface area contributed by atoms with Gasteiger partial charge in [-0.15, -0.1) is 0 Å². The Kier molecular flexibility index (Phi) is 6.69. The Balaban J connectivity index is 1.47. The lowest BCUT2D eigenvalue weighted by atomic mass is 10.1. The van der Waals surface area contributed by atoms with E-state index in [1.54, 1.807) is 16.2 Å². The van der Waals surface area contributed by atoms with E-state index >= 15 is 0 Å². The molecule has 0 N–H and O–H groups in total. The topological polar surface area (TPSA) is 26.8 Å². The SMILES string of the molecule is CN(CC(=O)N(C)Cc1ccsc1)Cc1ccc(N2CCCCC2)cc1. The van der Waals surface area contributed by atoms with Crippen molar-refractivity contribution in [3.8, 4) is 0 Å². The molecule has 3 rings (SSSR count). The highest BCUT2D eigenvalue weighted by Gasteiger charge is 2.14. The number of piperidine rings is 1. The number of amides is 1. The number of rotatable bonds is 7. The number of benzene rings is 1. The van der Waals surface area contributed by atoms with Gasteiger partial charge in [0.05, 0.1) is 6.54 Å². The summed E-state index contributed by atoms with van der Waals surface area (Å²) in [5.74, 6) is 0.156. The van der Waals surface area contributed by atoms with Crippen molar-refractivity contribution in [2.75, 3.05) is 38.6 Å². The molecule has 0 atom stereocenters. The lowest BCUT2D eigenvalue weighted by Crippen LogP contribution is -2.36. The van der Waals surface area contributed by atoms with Crippen LogP contribution in [0, 0.1) is 0 Å². The first-order valence-corrected chi connectivity index (χ1v) is 10.3. The summed E-state index contributed by atoms with van der Waals surface area (Å²) < 4.78 is 0. The second-order valence-electron chi connectivity index (χ2n) is 7.27. The number of thiophene rings is 1. The molecule has 0 saturated carbocycles. The highest BCUT2D eigenvalue weighted by molar-refractivity contribution is 7.07.